The quantitative estimate of drug-likeness (QED) is 0.820. The number of nitrogens with zero attached hydrogens (tertiary/aromatic N) is 1. The van der Waals surface area contributed by atoms with Crippen LogP contribution >= 0.6 is 0 Å². The van der Waals surface area contributed by atoms with Crippen molar-refractivity contribution in [2.24, 2.45) is 5.92 Å². The van der Waals surface area contributed by atoms with E-state index in [1.54, 1.807) is 12.1 Å². The van der Waals surface area contributed by atoms with Crippen molar-refractivity contribution in [3.8, 4) is 0 Å². The zero-order valence-electron chi connectivity index (χ0n) is 11.0. The van der Waals surface area contributed by atoms with Crippen molar-refractivity contribution in [2.45, 2.75) is 44.6 Å². The van der Waals surface area contributed by atoms with E-state index >= 15 is 0 Å². The summed E-state index contributed by atoms with van der Waals surface area (Å²) in [5.74, 6) is 0.692. The van der Waals surface area contributed by atoms with E-state index in [4.69, 9.17) is 5.73 Å². The maximum Gasteiger partial charge on any atom is 0.265 e. The van der Waals surface area contributed by atoms with Crippen LogP contribution in [0.5, 0.6) is 0 Å². The highest BCUT2D eigenvalue weighted by Crippen LogP contribution is 2.42. The van der Waals surface area contributed by atoms with Crippen LogP contribution in [0.4, 0.5) is 20.2 Å². The zero-order valence-corrected chi connectivity index (χ0v) is 11.0. The second-order valence-corrected chi connectivity index (χ2v) is 5.71. The number of nitrogen functional groups attached to an aromatic ring is 1. The minimum Gasteiger partial charge on any atom is -0.399 e. The van der Waals surface area contributed by atoms with Crippen molar-refractivity contribution >= 4 is 11.4 Å². The minimum absolute atomic E-state index is 0.0891. The van der Waals surface area contributed by atoms with Crippen LogP contribution in [-0.4, -0.2) is 12.6 Å². The Balaban J connectivity index is 1.93. The lowest BCUT2D eigenvalue weighted by molar-refractivity contribution is 0.151. The molecule has 1 heterocycles. The number of halogens is 2. The highest BCUT2D eigenvalue weighted by Gasteiger charge is 2.37. The van der Waals surface area contributed by atoms with Crippen LogP contribution in [0.25, 0.3) is 0 Å². The Hall–Kier alpha value is -1.32. The molecule has 0 aromatic heterocycles. The summed E-state index contributed by atoms with van der Waals surface area (Å²) in [6, 6.07) is 5.39. The van der Waals surface area contributed by atoms with E-state index in [-0.39, 0.29) is 5.56 Å². The molecule has 1 aliphatic heterocycles. The molecule has 2 nitrogen and oxygen atoms in total. The van der Waals surface area contributed by atoms with Crippen LogP contribution in [-0.2, 0) is 0 Å². The minimum atomic E-state index is -2.46. The van der Waals surface area contributed by atoms with Gasteiger partial charge < -0.3 is 10.6 Å². The summed E-state index contributed by atoms with van der Waals surface area (Å²) in [6.07, 6.45) is 3.58. The normalized spacial score (nSPS) is 26.8. The maximum absolute atomic E-state index is 13.2. The Morgan fingerprint density at radius 2 is 1.95 bits per heavy atom. The van der Waals surface area contributed by atoms with Crippen molar-refractivity contribution in [2.75, 3.05) is 17.2 Å². The molecule has 2 atom stereocenters. The molecule has 0 radical (unpaired) electrons. The Kier molecular flexibility index (Phi) is 3.33. The number of anilines is 2. The van der Waals surface area contributed by atoms with Crippen LogP contribution in [0.1, 0.15) is 44.1 Å². The number of hydrogen-bond acceptors (Lipinski definition) is 2. The molecule has 0 amide bonds. The molecular weight excluding hydrogens is 246 g/mol. The van der Waals surface area contributed by atoms with Gasteiger partial charge in [-0.1, -0.05) is 12.8 Å². The molecule has 19 heavy (non-hydrogen) atoms. The Morgan fingerprint density at radius 3 is 2.74 bits per heavy atom. The summed E-state index contributed by atoms with van der Waals surface area (Å²) in [7, 11) is 0. The lowest BCUT2D eigenvalue weighted by Gasteiger charge is -2.34. The van der Waals surface area contributed by atoms with E-state index in [1.165, 1.54) is 25.3 Å². The summed E-state index contributed by atoms with van der Waals surface area (Å²) in [5.41, 5.74) is 6.84. The van der Waals surface area contributed by atoms with Crippen LogP contribution in [0.2, 0.25) is 0 Å². The Morgan fingerprint density at radius 1 is 1.16 bits per heavy atom. The molecule has 0 spiro atoms. The summed E-state index contributed by atoms with van der Waals surface area (Å²) >= 11 is 0. The van der Waals surface area contributed by atoms with Crippen LogP contribution in [0, 0.1) is 5.92 Å². The molecule has 0 bridgehead atoms. The molecule has 4 heteroatoms. The predicted molar refractivity (Wildman–Crippen MR) is 73.5 cm³/mol. The van der Waals surface area contributed by atoms with E-state index in [0.717, 1.165) is 19.4 Å². The Bertz CT molecular complexity index is 461. The smallest absolute Gasteiger partial charge is 0.265 e. The fraction of sp³-hybridized carbons (Fsp3) is 0.600. The third kappa shape index (κ3) is 2.28. The van der Waals surface area contributed by atoms with Gasteiger partial charge in [0.1, 0.15) is 0 Å². The van der Waals surface area contributed by atoms with E-state index in [2.05, 4.69) is 4.90 Å². The van der Waals surface area contributed by atoms with Gasteiger partial charge in [0.15, 0.2) is 0 Å². The molecule has 1 saturated carbocycles. The predicted octanol–water partition coefficient (Wildman–Crippen LogP) is 3.98. The molecule has 2 aliphatic rings. The summed E-state index contributed by atoms with van der Waals surface area (Å²) in [6.45, 7) is 0.902. The third-order valence-corrected chi connectivity index (χ3v) is 4.61. The van der Waals surface area contributed by atoms with Crippen LogP contribution < -0.4 is 10.6 Å². The van der Waals surface area contributed by atoms with Gasteiger partial charge in [-0.05, 0) is 43.4 Å². The highest BCUT2D eigenvalue weighted by molar-refractivity contribution is 5.61. The number of alkyl halides is 2. The van der Waals surface area contributed by atoms with Crippen LogP contribution in [0.15, 0.2) is 18.2 Å². The van der Waals surface area contributed by atoms with E-state index < -0.39 is 6.43 Å². The topological polar surface area (TPSA) is 29.3 Å². The van der Waals surface area contributed by atoms with E-state index in [1.807, 2.05) is 0 Å². The van der Waals surface area contributed by atoms with Crippen LogP contribution in [0.3, 0.4) is 0 Å². The van der Waals surface area contributed by atoms with Crippen molar-refractivity contribution in [1.29, 1.82) is 0 Å². The molecule has 1 aromatic carbocycles. The first kappa shape index (κ1) is 12.7. The third-order valence-electron chi connectivity index (χ3n) is 4.61. The molecule has 104 valence electrons. The first-order valence-electron chi connectivity index (χ1n) is 7.11. The number of nitrogens with two attached hydrogens (primary N) is 1. The second-order valence-electron chi connectivity index (χ2n) is 5.71. The lowest BCUT2D eigenvalue weighted by Crippen LogP contribution is -2.35. The zero-order chi connectivity index (χ0) is 13.4. The molecule has 2 unspecified atom stereocenters. The fourth-order valence-electron chi connectivity index (χ4n) is 3.71. The van der Waals surface area contributed by atoms with Gasteiger partial charge in [0, 0.05) is 29.5 Å². The SMILES string of the molecule is Nc1ccc(N2CCC3CCCCC32)c(C(F)F)c1. The maximum atomic E-state index is 13.2. The average molecular weight is 266 g/mol. The summed E-state index contributed by atoms with van der Waals surface area (Å²) in [5, 5.41) is 0. The summed E-state index contributed by atoms with van der Waals surface area (Å²) in [4.78, 5) is 2.20. The average Bonchev–Trinajstić information content (AvgIpc) is 2.82. The monoisotopic (exact) mass is 266 g/mol. The number of hydrogen-bond donors (Lipinski definition) is 1. The first-order valence-corrected chi connectivity index (χ1v) is 7.11. The number of benzene rings is 1. The summed E-state index contributed by atoms with van der Waals surface area (Å²) < 4.78 is 26.4. The molecule has 3 rings (SSSR count). The van der Waals surface area contributed by atoms with Gasteiger partial charge in [-0.2, -0.15) is 0 Å². The van der Waals surface area contributed by atoms with Gasteiger partial charge in [-0.15, -0.1) is 0 Å². The van der Waals surface area contributed by atoms with Gasteiger partial charge >= 0.3 is 0 Å². The molecule has 1 aromatic rings. The van der Waals surface area contributed by atoms with Crippen molar-refractivity contribution in [3.05, 3.63) is 23.8 Å². The molecule has 2 N–H and O–H groups in total. The standard InChI is InChI=1S/C15H20F2N2/c16-15(17)12-9-11(18)5-6-14(12)19-8-7-10-3-1-2-4-13(10)19/h5-6,9-10,13,15H,1-4,7-8,18H2. The Labute approximate surface area is 112 Å². The molecule has 2 fully saturated rings. The largest absolute Gasteiger partial charge is 0.399 e. The second kappa shape index (κ2) is 4.99. The van der Waals surface area contributed by atoms with Gasteiger partial charge in [0.05, 0.1) is 0 Å². The van der Waals surface area contributed by atoms with Crippen molar-refractivity contribution in [1.82, 2.24) is 0 Å². The van der Waals surface area contributed by atoms with Crippen molar-refractivity contribution < 1.29 is 8.78 Å². The lowest BCUT2D eigenvalue weighted by atomic mass is 9.85. The number of fused-ring (bicyclic) bond motifs is 1. The van der Waals surface area contributed by atoms with Gasteiger partial charge in [0.2, 0.25) is 0 Å². The van der Waals surface area contributed by atoms with Gasteiger partial charge in [-0.25, -0.2) is 8.78 Å². The molecule has 1 aliphatic carbocycles. The van der Waals surface area contributed by atoms with E-state index in [9.17, 15) is 8.78 Å². The van der Waals surface area contributed by atoms with E-state index in [0.29, 0.717) is 23.3 Å². The fourth-order valence-corrected chi connectivity index (χ4v) is 3.71. The molecule has 1 saturated heterocycles. The number of rotatable bonds is 2. The first-order chi connectivity index (χ1) is 9.16. The molecular formula is C15H20F2N2. The van der Waals surface area contributed by atoms with Gasteiger partial charge in [-0.3, -0.25) is 0 Å². The van der Waals surface area contributed by atoms with Crippen molar-refractivity contribution in [3.63, 3.8) is 0 Å². The van der Waals surface area contributed by atoms with Gasteiger partial charge in [0.25, 0.3) is 6.43 Å². The highest BCUT2D eigenvalue weighted by atomic mass is 19.3.